The average molecular weight is 324 g/mol. The van der Waals surface area contributed by atoms with E-state index in [-0.39, 0.29) is 11.9 Å². The molecule has 2 rings (SSSR count). The van der Waals surface area contributed by atoms with Gasteiger partial charge in [-0.25, -0.2) is 4.39 Å². The molecule has 0 aliphatic rings. The van der Waals surface area contributed by atoms with Crippen LogP contribution in [0.2, 0.25) is 0 Å². The lowest BCUT2D eigenvalue weighted by molar-refractivity contribution is 0.463. The van der Waals surface area contributed by atoms with E-state index in [2.05, 4.69) is 15.9 Å². The maximum Gasteiger partial charge on any atom is 0.133 e. The van der Waals surface area contributed by atoms with Crippen molar-refractivity contribution in [2.24, 2.45) is 5.73 Å². The number of ether oxygens (including phenoxy) is 1. The van der Waals surface area contributed by atoms with Gasteiger partial charge in [-0.15, -0.1) is 0 Å². The van der Waals surface area contributed by atoms with Crippen molar-refractivity contribution < 1.29 is 9.13 Å². The number of hydrogen-bond donors (Lipinski definition) is 1. The highest BCUT2D eigenvalue weighted by atomic mass is 79.9. The maximum absolute atomic E-state index is 13.3. The molecule has 1 atom stereocenters. The van der Waals surface area contributed by atoms with Gasteiger partial charge in [-0.3, -0.25) is 0 Å². The molecule has 2 nitrogen and oxygen atoms in total. The first-order chi connectivity index (χ1) is 8.97. The first kappa shape index (κ1) is 14.0. The molecule has 1 unspecified atom stereocenters. The summed E-state index contributed by atoms with van der Waals surface area (Å²) in [5.41, 5.74) is 7.67. The molecular formula is C15H15BrFNO. The van der Waals surface area contributed by atoms with Crippen LogP contribution in [0, 0.1) is 12.7 Å². The Hall–Kier alpha value is -1.39. The van der Waals surface area contributed by atoms with Gasteiger partial charge in [0, 0.05) is 22.1 Å². The standard InChI is InChI=1S/C15H15BrFNO/c1-9-3-5-12(17)8-14(9)19-15-7-11(16)4-6-13(15)10(2)18/h3-8,10H,18H2,1-2H3. The van der Waals surface area contributed by atoms with Crippen LogP contribution >= 0.6 is 15.9 Å². The van der Waals surface area contributed by atoms with Crippen LogP contribution in [0.3, 0.4) is 0 Å². The predicted molar refractivity (Wildman–Crippen MR) is 78.0 cm³/mol. The Kier molecular flexibility index (Phi) is 4.22. The second kappa shape index (κ2) is 5.72. The van der Waals surface area contributed by atoms with Gasteiger partial charge in [0.25, 0.3) is 0 Å². The van der Waals surface area contributed by atoms with Crippen molar-refractivity contribution in [2.75, 3.05) is 0 Å². The lowest BCUT2D eigenvalue weighted by atomic mass is 10.1. The van der Waals surface area contributed by atoms with Gasteiger partial charge in [0.05, 0.1) is 0 Å². The van der Waals surface area contributed by atoms with E-state index in [0.29, 0.717) is 11.5 Å². The normalized spacial score (nSPS) is 12.3. The molecule has 0 spiro atoms. The first-order valence-electron chi connectivity index (χ1n) is 5.96. The van der Waals surface area contributed by atoms with E-state index in [1.807, 2.05) is 32.0 Å². The molecule has 0 heterocycles. The zero-order chi connectivity index (χ0) is 14.0. The highest BCUT2D eigenvalue weighted by Crippen LogP contribution is 2.33. The predicted octanol–water partition coefficient (Wildman–Crippen LogP) is 4.71. The molecule has 100 valence electrons. The van der Waals surface area contributed by atoms with E-state index in [0.717, 1.165) is 15.6 Å². The van der Waals surface area contributed by atoms with Gasteiger partial charge in [0.15, 0.2) is 0 Å². The topological polar surface area (TPSA) is 35.2 Å². The summed E-state index contributed by atoms with van der Waals surface area (Å²) < 4.78 is 20.0. The van der Waals surface area contributed by atoms with Crippen LogP contribution in [-0.2, 0) is 0 Å². The van der Waals surface area contributed by atoms with Gasteiger partial charge in [0.1, 0.15) is 17.3 Å². The lowest BCUT2D eigenvalue weighted by Crippen LogP contribution is -2.06. The number of aryl methyl sites for hydroxylation is 1. The number of nitrogens with two attached hydrogens (primary N) is 1. The summed E-state index contributed by atoms with van der Waals surface area (Å²) in [7, 11) is 0. The Morgan fingerprint density at radius 2 is 1.89 bits per heavy atom. The molecule has 2 N–H and O–H groups in total. The summed E-state index contributed by atoms with van der Waals surface area (Å²) in [4.78, 5) is 0. The Bertz CT molecular complexity index is 599. The summed E-state index contributed by atoms with van der Waals surface area (Å²) in [5.74, 6) is 0.816. The van der Waals surface area contributed by atoms with Crippen LogP contribution in [-0.4, -0.2) is 0 Å². The van der Waals surface area contributed by atoms with E-state index >= 15 is 0 Å². The van der Waals surface area contributed by atoms with Crippen molar-refractivity contribution in [3.05, 3.63) is 57.8 Å². The van der Waals surface area contributed by atoms with Gasteiger partial charge in [0.2, 0.25) is 0 Å². The monoisotopic (exact) mass is 323 g/mol. The Labute approximate surface area is 120 Å². The van der Waals surface area contributed by atoms with Gasteiger partial charge < -0.3 is 10.5 Å². The van der Waals surface area contributed by atoms with Crippen LogP contribution in [0.25, 0.3) is 0 Å². The van der Waals surface area contributed by atoms with E-state index in [1.165, 1.54) is 12.1 Å². The smallest absolute Gasteiger partial charge is 0.133 e. The summed E-state index contributed by atoms with van der Waals surface area (Å²) in [5, 5.41) is 0. The SMILES string of the molecule is Cc1ccc(F)cc1Oc1cc(Br)ccc1C(C)N. The molecule has 0 radical (unpaired) electrons. The molecular weight excluding hydrogens is 309 g/mol. The van der Waals surface area contributed by atoms with Crippen molar-refractivity contribution in [1.29, 1.82) is 0 Å². The maximum atomic E-state index is 13.3. The Morgan fingerprint density at radius 3 is 2.58 bits per heavy atom. The molecule has 0 saturated carbocycles. The fourth-order valence-electron chi connectivity index (χ4n) is 1.78. The largest absolute Gasteiger partial charge is 0.457 e. The third-order valence-electron chi connectivity index (χ3n) is 2.84. The first-order valence-corrected chi connectivity index (χ1v) is 6.75. The fraction of sp³-hybridized carbons (Fsp3) is 0.200. The highest BCUT2D eigenvalue weighted by Gasteiger charge is 2.11. The highest BCUT2D eigenvalue weighted by molar-refractivity contribution is 9.10. The molecule has 0 aliphatic carbocycles. The Morgan fingerprint density at radius 1 is 1.16 bits per heavy atom. The lowest BCUT2D eigenvalue weighted by Gasteiger charge is -2.15. The van der Waals surface area contributed by atoms with Crippen LogP contribution in [0.15, 0.2) is 40.9 Å². The van der Waals surface area contributed by atoms with Gasteiger partial charge in [-0.2, -0.15) is 0 Å². The molecule has 0 aliphatic heterocycles. The van der Waals surface area contributed by atoms with Crippen LogP contribution < -0.4 is 10.5 Å². The minimum absolute atomic E-state index is 0.156. The zero-order valence-corrected chi connectivity index (χ0v) is 12.4. The van der Waals surface area contributed by atoms with Gasteiger partial charge >= 0.3 is 0 Å². The molecule has 0 fully saturated rings. The number of rotatable bonds is 3. The van der Waals surface area contributed by atoms with E-state index in [1.54, 1.807) is 6.07 Å². The second-order valence-electron chi connectivity index (χ2n) is 4.48. The van der Waals surface area contributed by atoms with E-state index < -0.39 is 0 Å². The summed E-state index contributed by atoms with van der Waals surface area (Å²) >= 11 is 3.40. The van der Waals surface area contributed by atoms with Crippen molar-refractivity contribution in [1.82, 2.24) is 0 Å². The van der Waals surface area contributed by atoms with Gasteiger partial charge in [-0.05, 0) is 37.6 Å². The van der Waals surface area contributed by atoms with Crippen LogP contribution in [0.5, 0.6) is 11.5 Å². The molecule has 0 amide bonds. The third kappa shape index (κ3) is 3.33. The van der Waals surface area contributed by atoms with Crippen molar-refractivity contribution in [2.45, 2.75) is 19.9 Å². The molecule has 4 heteroatoms. The minimum atomic E-state index is -0.321. The molecule has 0 aromatic heterocycles. The second-order valence-corrected chi connectivity index (χ2v) is 5.40. The van der Waals surface area contributed by atoms with Crippen molar-refractivity contribution >= 4 is 15.9 Å². The van der Waals surface area contributed by atoms with Crippen molar-refractivity contribution in [3.63, 3.8) is 0 Å². The average Bonchev–Trinajstić information content (AvgIpc) is 2.33. The summed E-state index contributed by atoms with van der Waals surface area (Å²) in [6.07, 6.45) is 0. The van der Waals surface area contributed by atoms with E-state index in [4.69, 9.17) is 10.5 Å². The molecule has 19 heavy (non-hydrogen) atoms. The molecule has 0 saturated heterocycles. The van der Waals surface area contributed by atoms with Gasteiger partial charge in [-0.1, -0.05) is 28.1 Å². The summed E-state index contributed by atoms with van der Waals surface area (Å²) in [6.45, 7) is 3.76. The van der Waals surface area contributed by atoms with Crippen LogP contribution in [0.4, 0.5) is 4.39 Å². The third-order valence-corrected chi connectivity index (χ3v) is 3.33. The fourth-order valence-corrected chi connectivity index (χ4v) is 2.12. The minimum Gasteiger partial charge on any atom is -0.457 e. The summed E-state index contributed by atoms with van der Waals surface area (Å²) in [6, 6.07) is 9.97. The number of hydrogen-bond acceptors (Lipinski definition) is 2. The van der Waals surface area contributed by atoms with E-state index in [9.17, 15) is 4.39 Å². The quantitative estimate of drug-likeness (QED) is 0.887. The molecule has 2 aromatic rings. The number of benzene rings is 2. The molecule has 2 aromatic carbocycles. The van der Waals surface area contributed by atoms with Crippen LogP contribution in [0.1, 0.15) is 24.1 Å². The van der Waals surface area contributed by atoms with Crippen molar-refractivity contribution in [3.8, 4) is 11.5 Å². The Balaban J connectivity index is 2.42. The zero-order valence-electron chi connectivity index (χ0n) is 10.8. The number of halogens is 2. The molecule has 0 bridgehead atoms.